The maximum absolute atomic E-state index is 13.3. The monoisotopic (exact) mass is 238 g/mol. The molecule has 0 fully saturated rings. The van der Waals surface area contributed by atoms with E-state index in [2.05, 4.69) is 17.1 Å². The van der Waals surface area contributed by atoms with E-state index in [1.807, 2.05) is 27.2 Å². The zero-order chi connectivity index (χ0) is 12.8. The molecule has 0 aliphatic carbocycles. The fourth-order valence-electron chi connectivity index (χ4n) is 2.42. The van der Waals surface area contributed by atoms with Crippen LogP contribution in [0, 0.1) is 11.7 Å². The van der Waals surface area contributed by atoms with Crippen molar-refractivity contribution in [3.63, 3.8) is 0 Å². The standard InChI is InChI=1S/C14H23FN2/c1-5-11(10-16-2)14(17(3)4)12-7-6-8-13(15)9-12/h6-9,11,14,16H,5,10H2,1-4H3. The van der Waals surface area contributed by atoms with Gasteiger partial charge in [-0.25, -0.2) is 4.39 Å². The van der Waals surface area contributed by atoms with E-state index in [1.165, 1.54) is 6.07 Å². The summed E-state index contributed by atoms with van der Waals surface area (Å²) in [7, 11) is 6.06. The van der Waals surface area contributed by atoms with Crippen LogP contribution in [0.3, 0.4) is 0 Å². The van der Waals surface area contributed by atoms with Gasteiger partial charge in [0.2, 0.25) is 0 Å². The second kappa shape index (κ2) is 6.72. The number of halogens is 1. The first-order valence-corrected chi connectivity index (χ1v) is 6.16. The van der Waals surface area contributed by atoms with Crippen molar-refractivity contribution in [3.8, 4) is 0 Å². The van der Waals surface area contributed by atoms with Crippen LogP contribution in [0.5, 0.6) is 0 Å². The van der Waals surface area contributed by atoms with Crippen molar-refractivity contribution in [2.24, 2.45) is 5.92 Å². The molecule has 3 heteroatoms. The van der Waals surface area contributed by atoms with Gasteiger partial charge in [-0.3, -0.25) is 0 Å². The SMILES string of the molecule is CCC(CNC)C(c1cccc(F)c1)N(C)C. The lowest BCUT2D eigenvalue weighted by Crippen LogP contribution is -2.33. The third kappa shape index (κ3) is 3.79. The lowest BCUT2D eigenvalue weighted by Gasteiger charge is -2.32. The molecule has 96 valence electrons. The molecule has 2 nitrogen and oxygen atoms in total. The summed E-state index contributed by atoms with van der Waals surface area (Å²) < 4.78 is 13.3. The summed E-state index contributed by atoms with van der Waals surface area (Å²) in [5, 5.41) is 3.22. The molecule has 0 amide bonds. The van der Waals surface area contributed by atoms with Crippen LogP contribution in [0.25, 0.3) is 0 Å². The Hall–Kier alpha value is -0.930. The molecular weight excluding hydrogens is 215 g/mol. The van der Waals surface area contributed by atoms with Crippen molar-refractivity contribution >= 4 is 0 Å². The summed E-state index contributed by atoms with van der Waals surface area (Å²) in [6.45, 7) is 3.12. The third-order valence-corrected chi connectivity index (χ3v) is 3.18. The summed E-state index contributed by atoms with van der Waals surface area (Å²) in [6.07, 6.45) is 1.07. The van der Waals surface area contributed by atoms with Gasteiger partial charge in [0.25, 0.3) is 0 Å². The zero-order valence-electron chi connectivity index (χ0n) is 11.2. The molecule has 17 heavy (non-hydrogen) atoms. The topological polar surface area (TPSA) is 15.3 Å². The van der Waals surface area contributed by atoms with Crippen molar-refractivity contribution < 1.29 is 4.39 Å². The summed E-state index contributed by atoms with van der Waals surface area (Å²) in [5.41, 5.74) is 1.05. The maximum Gasteiger partial charge on any atom is 0.123 e. The van der Waals surface area contributed by atoms with Gasteiger partial charge in [-0.05, 0) is 51.3 Å². The second-order valence-electron chi connectivity index (χ2n) is 4.69. The van der Waals surface area contributed by atoms with Gasteiger partial charge in [0, 0.05) is 6.04 Å². The van der Waals surface area contributed by atoms with Gasteiger partial charge < -0.3 is 10.2 Å². The lowest BCUT2D eigenvalue weighted by molar-refractivity contribution is 0.204. The molecule has 1 rings (SSSR count). The fourth-order valence-corrected chi connectivity index (χ4v) is 2.42. The smallest absolute Gasteiger partial charge is 0.123 e. The zero-order valence-corrected chi connectivity index (χ0v) is 11.2. The molecule has 0 saturated heterocycles. The average molecular weight is 238 g/mol. The molecule has 0 bridgehead atoms. The van der Waals surface area contributed by atoms with E-state index >= 15 is 0 Å². The molecule has 0 radical (unpaired) electrons. The van der Waals surface area contributed by atoms with Crippen molar-refractivity contribution in [2.75, 3.05) is 27.7 Å². The van der Waals surface area contributed by atoms with Gasteiger partial charge in [0.15, 0.2) is 0 Å². The van der Waals surface area contributed by atoms with E-state index in [4.69, 9.17) is 0 Å². The number of hydrogen-bond acceptors (Lipinski definition) is 2. The van der Waals surface area contributed by atoms with E-state index in [-0.39, 0.29) is 11.9 Å². The minimum absolute atomic E-state index is 0.159. The van der Waals surface area contributed by atoms with Crippen molar-refractivity contribution in [3.05, 3.63) is 35.6 Å². The van der Waals surface area contributed by atoms with Crippen molar-refractivity contribution in [2.45, 2.75) is 19.4 Å². The molecule has 1 N–H and O–H groups in total. The minimum Gasteiger partial charge on any atom is -0.319 e. The van der Waals surface area contributed by atoms with E-state index in [0.717, 1.165) is 18.5 Å². The lowest BCUT2D eigenvalue weighted by atomic mass is 9.90. The number of benzene rings is 1. The third-order valence-electron chi connectivity index (χ3n) is 3.18. The molecule has 2 atom stereocenters. The molecule has 0 heterocycles. The van der Waals surface area contributed by atoms with Crippen LogP contribution in [0.2, 0.25) is 0 Å². The van der Waals surface area contributed by atoms with Gasteiger partial charge in [-0.15, -0.1) is 0 Å². The highest BCUT2D eigenvalue weighted by atomic mass is 19.1. The minimum atomic E-state index is -0.159. The maximum atomic E-state index is 13.3. The largest absolute Gasteiger partial charge is 0.319 e. The molecule has 2 unspecified atom stereocenters. The summed E-state index contributed by atoms with van der Waals surface area (Å²) in [6, 6.07) is 7.18. The number of hydrogen-bond donors (Lipinski definition) is 1. The van der Waals surface area contributed by atoms with Crippen LogP contribution >= 0.6 is 0 Å². The number of rotatable bonds is 6. The predicted molar refractivity (Wildman–Crippen MR) is 70.5 cm³/mol. The highest BCUT2D eigenvalue weighted by Crippen LogP contribution is 2.29. The normalized spacial score (nSPS) is 14.9. The highest BCUT2D eigenvalue weighted by Gasteiger charge is 2.23. The summed E-state index contributed by atoms with van der Waals surface area (Å²) >= 11 is 0. The molecule has 0 aliphatic heterocycles. The Morgan fingerprint density at radius 2 is 2.06 bits per heavy atom. The Balaban J connectivity index is 2.99. The quantitative estimate of drug-likeness (QED) is 0.819. The van der Waals surface area contributed by atoms with E-state index < -0.39 is 0 Å². The molecule has 0 aliphatic rings. The molecule has 1 aromatic rings. The van der Waals surface area contributed by atoms with Crippen LogP contribution in [0.1, 0.15) is 24.9 Å². The van der Waals surface area contributed by atoms with E-state index in [0.29, 0.717) is 5.92 Å². The van der Waals surface area contributed by atoms with Crippen molar-refractivity contribution in [1.29, 1.82) is 0 Å². The summed E-state index contributed by atoms with van der Waals surface area (Å²) in [5.74, 6) is 0.325. The molecule has 0 aromatic heterocycles. The Morgan fingerprint density at radius 3 is 2.53 bits per heavy atom. The second-order valence-corrected chi connectivity index (χ2v) is 4.69. The molecular formula is C14H23FN2. The fraction of sp³-hybridized carbons (Fsp3) is 0.571. The Morgan fingerprint density at radius 1 is 1.35 bits per heavy atom. The van der Waals surface area contributed by atoms with Gasteiger partial charge >= 0.3 is 0 Å². The van der Waals surface area contributed by atoms with Gasteiger partial charge in [-0.1, -0.05) is 25.5 Å². The van der Waals surface area contributed by atoms with Crippen LogP contribution in [0.15, 0.2) is 24.3 Å². The molecule has 1 aromatic carbocycles. The van der Waals surface area contributed by atoms with Gasteiger partial charge in [0.05, 0.1) is 0 Å². The van der Waals surface area contributed by atoms with Crippen LogP contribution in [-0.2, 0) is 0 Å². The predicted octanol–water partition coefficient (Wildman–Crippen LogP) is 2.67. The van der Waals surface area contributed by atoms with Crippen LogP contribution in [-0.4, -0.2) is 32.6 Å². The summed E-state index contributed by atoms with van der Waals surface area (Å²) in [4.78, 5) is 2.17. The van der Waals surface area contributed by atoms with E-state index in [9.17, 15) is 4.39 Å². The molecule has 0 spiro atoms. The van der Waals surface area contributed by atoms with Crippen LogP contribution in [0.4, 0.5) is 4.39 Å². The van der Waals surface area contributed by atoms with Crippen LogP contribution < -0.4 is 5.32 Å². The Bertz CT molecular complexity index is 339. The van der Waals surface area contributed by atoms with E-state index in [1.54, 1.807) is 12.1 Å². The Labute approximate surface area is 104 Å². The first-order chi connectivity index (χ1) is 8.10. The Kier molecular flexibility index (Phi) is 5.59. The molecule has 0 saturated carbocycles. The van der Waals surface area contributed by atoms with Crippen molar-refractivity contribution in [1.82, 2.24) is 10.2 Å². The number of nitrogens with zero attached hydrogens (tertiary/aromatic N) is 1. The average Bonchev–Trinajstić information content (AvgIpc) is 2.28. The first-order valence-electron chi connectivity index (χ1n) is 6.16. The number of nitrogens with one attached hydrogen (secondary N) is 1. The first kappa shape index (κ1) is 14.1. The van der Waals surface area contributed by atoms with Gasteiger partial charge in [-0.2, -0.15) is 0 Å². The van der Waals surface area contributed by atoms with Gasteiger partial charge in [0.1, 0.15) is 5.82 Å². The highest BCUT2D eigenvalue weighted by molar-refractivity contribution is 5.21.